The van der Waals surface area contributed by atoms with Crippen LogP contribution in [0, 0.1) is 17.7 Å². The summed E-state index contributed by atoms with van der Waals surface area (Å²) in [4.78, 5) is 1.99. The molecule has 0 bridgehead atoms. The van der Waals surface area contributed by atoms with Crippen molar-refractivity contribution in [2.75, 3.05) is 33.1 Å². The molecule has 92 valence electrons. The fourth-order valence-corrected chi connectivity index (χ4v) is 1.27. The van der Waals surface area contributed by atoms with Crippen molar-refractivity contribution in [2.24, 2.45) is 0 Å². The van der Waals surface area contributed by atoms with Crippen molar-refractivity contribution in [1.82, 2.24) is 4.90 Å². The van der Waals surface area contributed by atoms with E-state index in [-0.39, 0.29) is 11.7 Å². The molecule has 0 saturated heterocycles. The van der Waals surface area contributed by atoms with Gasteiger partial charge in [0.05, 0.1) is 5.88 Å². The molecule has 0 aliphatic heterocycles. The third kappa shape index (κ3) is 5.58. The van der Waals surface area contributed by atoms with Crippen molar-refractivity contribution in [2.45, 2.75) is 0 Å². The summed E-state index contributed by atoms with van der Waals surface area (Å²) < 4.78 is 18.7. The zero-order valence-electron chi connectivity index (χ0n) is 9.96. The molecule has 4 heteroatoms. The van der Waals surface area contributed by atoms with Gasteiger partial charge in [-0.3, -0.25) is 0 Å². The van der Waals surface area contributed by atoms with Gasteiger partial charge in [-0.15, -0.1) is 11.6 Å². The minimum Gasteiger partial charge on any atom is -0.492 e. The van der Waals surface area contributed by atoms with Crippen LogP contribution in [0.4, 0.5) is 4.39 Å². The zero-order valence-corrected chi connectivity index (χ0v) is 10.7. The maximum Gasteiger partial charge on any atom is 0.128 e. The second-order valence-corrected chi connectivity index (χ2v) is 4.03. The van der Waals surface area contributed by atoms with E-state index in [2.05, 4.69) is 11.8 Å². The van der Waals surface area contributed by atoms with Crippen LogP contribution >= 0.6 is 11.6 Å². The minimum atomic E-state index is -0.355. The molecular weight excluding hydrogens is 241 g/mol. The lowest BCUT2D eigenvalue weighted by atomic mass is 10.2. The number of rotatable bonds is 4. The van der Waals surface area contributed by atoms with Crippen molar-refractivity contribution in [3.05, 3.63) is 29.6 Å². The smallest absolute Gasteiger partial charge is 0.128 e. The SMILES string of the molecule is CN(C)CCOc1cc(F)cc(C#CCCl)c1. The van der Waals surface area contributed by atoms with Gasteiger partial charge >= 0.3 is 0 Å². The third-order valence-electron chi connectivity index (χ3n) is 1.98. The van der Waals surface area contributed by atoms with E-state index in [9.17, 15) is 4.39 Å². The molecule has 1 aromatic carbocycles. The van der Waals surface area contributed by atoms with Gasteiger partial charge in [0.25, 0.3) is 0 Å². The molecule has 0 aromatic heterocycles. The molecule has 0 aliphatic carbocycles. The van der Waals surface area contributed by atoms with Gasteiger partial charge in [-0.1, -0.05) is 11.8 Å². The van der Waals surface area contributed by atoms with Crippen LogP contribution in [-0.2, 0) is 0 Å². The monoisotopic (exact) mass is 255 g/mol. The zero-order chi connectivity index (χ0) is 12.7. The van der Waals surface area contributed by atoms with Gasteiger partial charge in [0.2, 0.25) is 0 Å². The Bertz CT molecular complexity index is 423. The van der Waals surface area contributed by atoms with Crippen LogP contribution in [0.3, 0.4) is 0 Å². The fraction of sp³-hybridized carbons (Fsp3) is 0.385. The van der Waals surface area contributed by atoms with E-state index in [1.807, 2.05) is 19.0 Å². The number of likely N-dealkylation sites (N-methyl/N-ethyl adjacent to an activating group) is 1. The molecule has 0 fully saturated rings. The summed E-state index contributed by atoms with van der Waals surface area (Å²) in [6.45, 7) is 1.29. The maximum absolute atomic E-state index is 13.2. The van der Waals surface area contributed by atoms with E-state index in [0.29, 0.717) is 17.9 Å². The van der Waals surface area contributed by atoms with Gasteiger partial charge in [0.1, 0.15) is 18.2 Å². The average molecular weight is 256 g/mol. The molecule has 0 saturated carbocycles. The van der Waals surface area contributed by atoms with E-state index >= 15 is 0 Å². The highest BCUT2D eigenvalue weighted by Gasteiger charge is 2.00. The molecule has 0 radical (unpaired) electrons. The fourth-order valence-electron chi connectivity index (χ4n) is 1.20. The Kier molecular flexibility index (Phi) is 5.82. The molecule has 1 aromatic rings. The largest absolute Gasteiger partial charge is 0.492 e. The Hall–Kier alpha value is -1.24. The predicted molar refractivity (Wildman–Crippen MR) is 68.0 cm³/mol. The first-order chi connectivity index (χ1) is 8.11. The molecular formula is C13H15ClFNO. The van der Waals surface area contributed by atoms with Crippen LogP contribution in [0.2, 0.25) is 0 Å². The first kappa shape index (κ1) is 13.8. The quantitative estimate of drug-likeness (QED) is 0.605. The Balaban J connectivity index is 2.68. The molecule has 0 heterocycles. The Morgan fingerprint density at radius 3 is 2.76 bits per heavy atom. The molecule has 17 heavy (non-hydrogen) atoms. The highest BCUT2D eigenvalue weighted by Crippen LogP contribution is 2.15. The van der Waals surface area contributed by atoms with Crippen LogP contribution in [0.5, 0.6) is 5.75 Å². The number of ether oxygens (including phenoxy) is 1. The van der Waals surface area contributed by atoms with Crippen LogP contribution < -0.4 is 4.74 Å². The van der Waals surface area contributed by atoms with Crippen molar-refractivity contribution in [3.8, 4) is 17.6 Å². The molecule has 0 aliphatic rings. The van der Waals surface area contributed by atoms with Crippen LogP contribution in [-0.4, -0.2) is 38.0 Å². The second kappa shape index (κ2) is 7.16. The molecule has 0 N–H and O–H groups in total. The number of halogens is 2. The molecule has 2 nitrogen and oxygen atoms in total. The molecule has 0 atom stereocenters. The van der Waals surface area contributed by atoms with Crippen LogP contribution in [0.25, 0.3) is 0 Å². The summed E-state index contributed by atoms with van der Waals surface area (Å²) in [6.07, 6.45) is 0. The Labute approximate surface area is 106 Å². The van der Waals surface area contributed by atoms with Gasteiger partial charge in [0.15, 0.2) is 0 Å². The normalized spacial score (nSPS) is 9.94. The molecule has 0 amide bonds. The number of nitrogens with zero attached hydrogens (tertiary/aromatic N) is 1. The van der Waals surface area contributed by atoms with Gasteiger partial charge in [-0.2, -0.15) is 0 Å². The van der Waals surface area contributed by atoms with Crippen LogP contribution in [0.15, 0.2) is 18.2 Å². The Morgan fingerprint density at radius 2 is 2.12 bits per heavy atom. The standard InChI is InChI=1S/C13H15ClFNO/c1-16(2)6-7-17-13-9-11(4-3-5-14)8-12(15)10-13/h8-10H,5-7H2,1-2H3. The average Bonchev–Trinajstić information content (AvgIpc) is 2.25. The highest BCUT2D eigenvalue weighted by atomic mass is 35.5. The number of alkyl halides is 1. The molecule has 0 unspecified atom stereocenters. The Morgan fingerprint density at radius 1 is 1.35 bits per heavy atom. The lowest BCUT2D eigenvalue weighted by Gasteiger charge is -2.11. The summed E-state index contributed by atoms with van der Waals surface area (Å²) in [6, 6.07) is 4.41. The third-order valence-corrected chi connectivity index (χ3v) is 2.11. The number of hydrogen-bond acceptors (Lipinski definition) is 2. The lowest BCUT2D eigenvalue weighted by Crippen LogP contribution is -2.19. The van der Waals surface area contributed by atoms with E-state index < -0.39 is 0 Å². The van der Waals surface area contributed by atoms with Gasteiger partial charge in [-0.05, 0) is 26.2 Å². The van der Waals surface area contributed by atoms with Crippen molar-refractivity contribution in [1.29, 1.82) is 0 Å². The number of benzene rings is 1. The van der Waals surface area contributed by atoms with Crippen LogP contribution in [0.1, 0.15) is 5.56 Å². The van der Waals surface area contributed by atoms with E-state index in [4.69, 9.17) is 16.3 Å². The summed E-state index contributed by atoms with van der Waals surface area (Å²) in [5.74, 6) is 5.81. The van der Waals surface area contributed by atoms with E-state index in [0.717, 1.165) is 6.54 Å². The van der Waals surface area contributed by atoms with Crippen molar-refractivity contribution >= 4 is 11.6 Å². The van der Waals surface area contributed by atoms with Crippen molar-refractivity contribution < 1.29 is 9.13 Å². The van der Waals surface area contributed by atoms with Crippen molar-refractivity contribution in [3.63, 3.8) is 0 Å². The highest BCUT2D eigenvalue weighted by molar-refractivity contribution is 6.19. The lowest BCUT2D eigenvalue weighted by molar-refractivity contribution is 0.260. The van der Waals surface area contributed by atoms with E-state index in [1.54, 1.807) is 6.07 Å². The van der Waals surface area contributed by atoms with Gasteiger partial charge in [0, 0.05) is 18.2 Å². The van der Waals surface area contributed by atoms with Gasteiger partial charge in [-0.25, -0.2) is 4.39 Å². The van der Waals surface area contributed by atoms with Gasteiger partial charge < -0.3 is 9.64 Å². The van der Waals surface area contributed by atoms with E-state index in [1.165, 1.54) is 12.1 Å². The summed E-state index contributed by atoms with van der Waals surface area (Å²) in [5, 5.41) is 0. The molecule has 1 rings (SSSR count). The topological polar surface area (TPSA) is 12.5 Å². The second-order valence-electron chi connectivity index (χ2n) is 3.76. The molecule has 0 spiro atoms. The maximum atomic E-state index is 13.2. The summed E-state index contributed by atoms with van der Waals surface area (Å²) in [5.41, 5.74) is 0.575. The predicted octanol–water partition coefficient (Wildman–Crippen LogP) is 2.36. The first-order valence-electron chi connectivity index (χ1n) is 5.25. The summed E-state index contributed by atoms with van der Waals surface area (Å²) >= 11 is 5.45. The first-order valence-corrected chi connectivity index (χ1v) is 5.78. The minimum absolute atomic E-state index is 0.229. The summed E-state index contributed by atoms with van der Waals surface area (Å²) in [7, 11) is 3.90. The number of hydrogen-bond donors (Lipinski definition) is 0.